The molecule has 4 amide bonds. The number of nitrogens with zero attached hydrogens (tertiary/aromatic N) is 2. The van der Waals surface area contributed by atoms with Crippen LogP contribution in [0.15, 0.2) is 48.5 Å². The van der Waals surface area contributed by atoms with Gasteiger partial charge >= 0.3 is 12.0 Å². The summed E-state index contributed by atoms with van der Waals surface area (Å²) in [6.45, 7) is 5.62. The molecule has 2 atom stereocenters. The van der Waals surface area contributed by atoms with Crippen LogP contribution in [0, 0.1) is 5.41 Å². The normalized spacial score (nSPS) is 19.2. The van der Waals surface area contributed by atoms with E-state index in [9.17, 15) is 29.1 Å². The summed E-state index contributed by atoms with van der Waals surface area (Å²) < 4.78 is 0. The van der Waals surface area contributed by atoms with Crippen molar-refractivity contribution in [3.05, 3.63) is 54.1 Å². The molecule has 1 saturated heterocycles. The first-order valence-electron chi connectivity index (χ1n) is 12.8. The van der Waals surface area contributed by atoms with Crippen molar-refractivity contribution in [2.24, 2.45) is 5.41 Å². The summed E-state index contributed by atoms with van der Waals surface area (Å²) in [5.41, 5.74) is 0.372. The topological polar surface area (TPSA) is 148 Å². The van der Waals surface area contributed by atoms with Crippen molar-refractivity contribution in [1.29, 1.82) is 0 Å². The third-order valence-electron chi connectivity index (χ3n) is 6.83. The number of Topliss-reactive ketones (excluding diaryl/α,β-unsaturated/α-hetero) is 1. The highest BCUT2D eigenvalue weighted by atomic mass is 16.4. The molecule has 4 rings (SSSR count). The van der Waals surface area contributed by atoms with Crippen LogP contribution in [0.1, 0.15) is 44.0 Å². The van der Waals surface area contributed by atoms with Gasteiger partial charge in [-0.25, -0.2) is 9.59 Å². The Labute approximate surface area is 226 Å². The molecular weight excluding hydrogens is 502 g/mol. The second kappa shape index (κ2) is 11.2. The number of hydrogen-bond donors (Lipinski definition) is 4. The van der Waals surface area contributed by atoms with E-state index in [4.69, 9.17) is 0 Å². The number of fused-ring (bicyclic) bond motifs is 1. The first-order chi connectivity index (χ1) is 18.5. The number of rotatable bonds is 6. The summed E-state index contributed by atoms with van der Waals surface area (Å²) >= 11 is 0. The fraction of sp³-hybridized carbons (Fsp3) is 0.393. The number of urea groups is 1. The van der Waals surface area contributed by atoms with Crippen molar-refractivity contribution in [3.8, 4) is 0 Å². The highest BCUT2D eigenvalue weighted by Gasteiger charge is 2.40. The van der Waals surface area contributed by atoms with Crippen LogP contribution in [0.5, 0.6) is 0 Å². The van der Waals surface area contributed by atoms with Crippen molar-refractivity contribution >= 4 is 46.7 Å². The fourth-order valence-corrected chi connectivity index (χ4v) is 4.59. The lowest BCUT2D eigenvalue weighted by Gasteiger charge is -2.28. The molecule has 0 saturated carbocycles. The largest absolute Gasteiger partial charge is 0.478 e. The molecule has 0 aromatic heterocycles. The van der Waals surface area contributed by atoms with E-state index in [0.29, 0.717) is 24.3 Å². The van der Waals surface area contributed by atoms with Crippen molar-refractivity contribution in [3.63, 3.8) is 0 Å². The van der Waals surface area contributed by atoms with Gasteiger partial charge in [-0.05, 0) is 49.7 Å². The zero-order valence-electron chi connectivity index (χ0n) is 22.2. The zero-order valence-corrected chi connectivity index (χ0v) is 22.2. The Balaban J connectivity index is 1.67. The summed E-state index contributed by atoms with van der Waals surface area (Å²) in [5, 5.41) is 17.6. The molecule has 1 unspecified atom stereocenters. The van der Waals surface area contributed by atoms with Gasteiger partial charge in [0, 0.05) is 11.1 Å². The van der Waals surface area contributed by atoms with Gasteiger partial charge < -0.3 is 30.9 Å². The molecule has 1 fully saturated rings. The van der Waals surface area contributed by atoms with Crippen LogP contribution < -0.4 is 25.8 Å². The molecule has 0 radical (unpaired) electrons. The summed E-state index contributed by atoms with van der Waals surface area (Å²) in [6.07, 6.45) is 1.49. The minimum atomic E-state index is -1.18. The summed E-state index contributed by atoms with van der Waals surface area (Å²) in [4.78, 5) is 67.7. The van der Waals surface area contributed by atoms with E-state index < -0.39 is 35.4 Å². The smallest absolute Gasteiger partial charge is 0.335 e. The van der Waals surface area contributed by atoms with E-state index in [1.165, 1.54) is 34.1 Å². The number of amides is 4. The Hall–Kier alpha value is -4.25. The van der Waals surface area contributed by atoms with Gasteiger partial charge in [0.15, 0.2) is 5.78 Å². The lowest BCUT2D eigenvalue weighted by atomic mass is 9.90. The van der Waals surface area contributed by atoms with Crippen LogP contribution in [0.4, 0.5) is 21.9 Å². The second-order valence-electron chi connectivity index (χ2n) is 10.7. The molecule has 2 aromatic carbocycles. The fourth-order valence-electron chi connectivity index (χ4n) is 4.59. The van der Waals surface area contributed by atoms with Crippen LogP contribution in [-0.4, -0.2) is 66.4 Å². The van der Waals surface area contributed by atoms with Gasteiger partial charge in [0.25, 0.3) is 5.91 Å². The van der Waals surface area contributed by atoms with Crippen molar-refractivity contribution < 1.29 is 29.1 Å². The third-order valence-corrected chi connectivity index (χ3v) is 6.83. The molecule has 0 spiro atoms. The molecule has 4 N–H and O–H groups in total. The maximum Gasteiger partial charge on any atom is 0.335 e. The molecule has 2 aromatic rings. The molecule has 11 heteroatoms. The van der Waals surface area contributed by atoms with E-state index in [1.54, 1.807) is 45.0 Å². The molecule has 2 aliphatic rings. The van der Waals surface area contributed by atoms with E-state index in [-0.39, 0.29) is 36.0 Å². The van der Waals surface area contributed by atoms with E-state index in [0.717, 1.165) is 6.42 Å². The number of carbonyl (C=O) groups is 5. The summed E-state index contributed by atoms with van der Waals surface area (Å²) in [6, 6.07) is 10.2. The third kappa shape index (κ3) is 6.26. The summed E-state index contributed by atoms with van der Waals surface area (Å²) in [5.74, 6) is -2.09. The molecule has 39 heavy (non-hydrogen) atoms. The lowest BCUT2D eigenvalue weighted by Crippen LogP contribution is -2.56. The van der Waals surface area contributed by atoms with Crippen LogP contribution in [-0.2, 0) is 14.4 Å². The number of ketones is 1. The van der Waals surface area contributed by atoms with Gasteiger partial charge in [-0.15, -0.1) is 0 Å². The monoisotopic (exact) mass is 535 g/mol. The minimum absolute atomic E-state index is 0.0125. The molecule has 0 bridgehead atoms. The molecule has 2 aliphatic heterocycles. The number of carbonyl (C=O) groups excluding carboxylic acids is 4. The van der Waals surface area contributed by atoms with Gasteiger partial charge in [0.05, 0.1) is 36.1 Å². The van der Waals surface area contributed by atoms with Crippen LogP contribution in [0.3, 0.4) is 0 Å². The quantitative estimate of drug-likeness (QED) is 0.444. The highest BCUT2D eigenvalue weighted by Crippen LogP contribution is 2.34. The van der Waals surface area contributed by atoms with Crippen molar-refractivity contribution in [2.75, 3.05) is 34.8 Å². The predicted octanol–water partition coefficient (Wildman–Crippen LogP) is 2.62. The average molecular weight is 536 g/mol. The number of para-hydroxylation sites is 2. The van der Waals surface area contributed by atoms with Gasteiger partial charge in [0.2, 0.25) is 5.91 Å². The molecule has 206 valence electrons. The predicted molar refractivity (Wildman–Crippen MR) is 146 cm³/mol. The zero-order chi connectivity index (χ0) is 28.3. The number of hydrogen-bond acceptors (Lipinski definition) is 6. The second-order valence-corrected chi connectivity index (χ2v) is 10.7. The van der Waals surface area contributed by atoms with Crippen LogP contribution in [0.25, 0.3) is 0 Å². The van der Waals surface area contributed by atoms with Crippen LogP contribution >= 0.6 is 0 Å². The maximum atomic E-state index is 13.9. The Morgan fingerprint density at radius 3 is 2.41 bits per heavy atom. The van der Waals surface area contributed by atoms with E-state index >= 15 is 0 Å². The van der Waals surface area contributed by atoms with Gasteiger partial charge in [0.1, 0.15) is 6.04 Å². The number of aromatic carboxylic acids is 1. The number of nitrogens with one attached hydrogen (secondary N) is 3. The van der Waals surface area contributed by atoms with Crippen molar-refractivity contribution in [2.45, 2.75) is 45.7 Å². The standard InChI is InChI=1S/C28H33N5O6/c1-28(2,3)23(34)16-33-22-12-5-4-11-21(22)32(24(35)19-10-7-13-29-19)15-20(25(33)36)31-27(39)30-18-9-6-8-17(14-18)26(37)38/h4-6,8-9,11-12,14,19-20,29H,7,10,13,15-16H2,1-3H3,(H,37,38)(H2,30,31,39)/t19-,20?/m0/s1. The first kappa shape index (κ1) is 27.8. The Morgan fingerprint density at radius 1 is 1.05 bits per heavy atom. The molecule has 0 aliphatic carbocycles. The Kier molecular flexibility index (Phi) is 8.01. The van der Waals surface area contributed by atoms with Gasteiger partial charge in [-0.1, -0.05) is 39.0 Å². The lowest BCUT2D eigenvalue weighted by molar-refractivity contribution is -0.127. The van der Waals surface area contributed by atoms with Gasteiger partial charge in [-0.3, -0.25) is 14.4 Å². The number of carboxylic acids is 1. The van der Waals surface area contributed by atoms with Crippen LogP contribution in [0.2, 0.25) is 0 Å². The SMILES string of the molecule is CC(C)(C)C(=O)CN1C(=O)C(NC(=O)Nc2cccc(C(=O)O)c2)CN(C(=O)[C@@H]2CCCN2)c2ccccc21. The van der Waals surface area contributed by atoms with E-state index in [2.05, 4.69) is 16.0 Å². The summed E-state index contributed by atoms with van der Waals surface area (Å²) in [7, 11) is 0. The number of carboxylic acid groups (broad SMARTS) is 1. The average Bonchev–Trinajstić information content (AvgIpc) is 3.40. The molecule has 2 heterocycles. The highest BCUT2D eigenvalue weighted by molar-refractivity contribution is 6.11. The van der Waals surface area contributed by atoms with Crippen molar-refractivity contribution in [1.82, 2.24) is 10.6 Å². The van der Waals surface area contributed by atoms with Gasteiger partial charge in [-0.2, -0.15) is 0 Å². The number of benzene rings is 2. The minimum Gasteiger partial charge on any atom is -0.478 e. The Morgan fingerprint density at radius 2 is 1.77 bits per heavy atom. The molecule has 11 nitrogen and oxygen atoms in total. The number of anilines is 3. The van der Waals surface area contributed by atoms with E-state index in [1.807, 2.05) is 0 Å². The molecular formula is C28H33N5O6. The first-order valence-corrected chi connectivity index (χ1v) is 12.8. The maximum absolute atomic E-state index is 13.9. The Bertz CT molecular complexity index is 1300.